The van der Waals surface area contributed by atoms with Gasteiger partial charge in [0.05, 0.1) is 0 Å². The fraction of sp³-hybridized carbons (Fsp3) is 0.929. The molecule has 1 amide bonds. The van der Waals surface area contributed by atoms with Gasteiger partial charge in [0.2, 0.25) is 5.91 Å². The van der Waals surface area contributed by atoms with Crippen molar-refractivity contribution < 1.29 is 4.79 Å². The first-order valence-electron chi connectivity index (χ1n) is 6.62. The van der Waals surface area contributed by atoms with Gasteiger partial charge in [-0.05, 0) is 43.4 Å². The third-order valence-electron chi connectivity index (χ3n) is 5.03. The monoisotopic (exact) mass is 223 g/mol. The molecular formula is C14H25NO. The first kappa shape index (κ1) is 11.9. The number of amides is 1. The number of likely N-dealkylation sites (tertiary alicyclic amines) is 1. The van der Waals surface area contributed by atoms with Crippen molar-refractivity contribution in [3.8, 4) is 0 Å². The van der Waals surface area contributed by atoms with Gasteiger partial charge >= 0.3 is 0 Å². The molecule has 0 aromatic rings. The highest BCUT2D eigenvalue weighted by atomic mass is 16.2. The zero-order valence-corrected chi connectivity index (χ0v) is 11.2. The molecule has 1 saturated carbocycles. The Morgan fingerprint density at radius 1 is 1.19 bits per heavy atom. The molecule has 2 fully saturated rings. The molecule has 0 radical (unpaired) electrons. The first-order chi connectivity index (χ1) is 7.35. The van der Waals surface area contributed by atoms with Crippen molar-refractivity contribution in [1.29, 1.82) is 0 Å². The smallest absolute Gasteiger partial charge is 0.222 e. The molecule has 0 bridgehead atoms. The molecule has 1 heterocycles. The Hall–Kier alpha value is -0.530. The van der Waals surface area contributed by atoms with E-state index < -0.39 is 0 Å². The summed E-state index contributed by atoms with van der Waals surface area (Å²) >= 11 is 0. The van der Waals surface area contributed by atoms with Crippen LogP contribution in [-0.4, -0.2) is 23.4 Å². The van der Waals surface area contributed by atoms with E-state index in [-0.39, 0.29) is 5.54 Å². The number of nitrogens with zero attached hydrogens (tertiary/aromatic N) is 1. The largest absolute Gasteiger partial charge is 0.340 e. The second-order valence-corrected chi connectivity index (χ2v) is 6.82. The SMILES string of the molecule is CN1C(=O)CC[C@]12CC[C@H](C(C)(C)C)CC2. The van der Waals surface area contributed by atoms with Gasteiger partial charge in [0.25, 0.3) is 0 Å². The van der Waals surface area contributed by atoms with Crippen molar-refractivity contribution in [1.82, 2.24) is 4.90 Å². The zero-order chi connectivity index (χ0) is 12.0. The van der Waals surface area contributed by atoms with Gasteiger partial charge in [-0.15, -0.1) is 0 Å². The van der Waals surface area contributed by atoms with Crippen LogP contribution in [0.15, 0.2) is 0 Å². The van der Waals surface area contributed by atoms with Crippen molar-refractivity contribution in [2.75, 3.05) is 7.05 Å². The van der Waals surface area contributed by atoms with Crippen molar-refractivity contribution in [3.63, 3.8) is 0 Å². The lowest BCUT2D eigenvalue weighted by molar-refractivity contribution is -0.130. The maximum absolute atomic E-state index is 11.7. The molecular weight excluding hydrogens is 198 g/mol. The van der Waals surface area contributed by atoms with Gasteiger partial charge in [-0.3, -0.25) is 4.79 Å². The normalized spacial score (nSPS) is 36.1. The van der Waals surface area contributed by atoms with Gasteiger partial charge in [-0.2, -0.15) is 0 Å². The molecule has 0 atom stereocenters. The highest BCUT2D eigenvalue weighted by Gasteiger charge is 2.46. The Kier molecular flexibility index (Phi) is 2.80. The fourth-order valence-electron chi connectivity index (χ4n) is 3.55. The number of hydrogen-bond donors (Lipinski definition) is 0. The highest BCUT2D eigenvalue weighted by molar-refractivity contribution is 5.79. The van der Waals surface area contributed by atoms with E-state index in [0.717, 1.165) is 18.8 Å². The number of rotatable bonds is 0. The molecule has 0 N–H and O–H groups in total. The number of hydrogen-bond acceptors (Lipinski definition) is 1. The van der Waals surface area contributed by atoms with Gasteiger partial charge in [0.15, 0.2) is 0 Å². The van der Waals surface area contributed by atoms with Gasteiger partial charge in [0, 0.05) is 19.0 Å². The second kappa shape index (κ2) is 3.75. The Morgan fingerprint density at radius 3 is 2.12 bits per heavy atom. The van der Waals surface area contributed by atoms with E-state index >= 15 is 0 Å². The Labute approximate surface area is 99.4 Å². The summed E-state index contributed by atoms with van der Waals surface area (Å²) in [5.41, 5.74) is 0.668. The summed E-state index contributed by atoms with van der Waals surface area (Å²) in [5.74, 6) is 1.19. The van der Waals surface area contributed by atoms with E-state index in [1.54, 1.807) is 0 Å². The summed E-state index contributed by atoms with van der Waals surface area (Å²) in [4.78, 5) is 13.7. The molecule has 2 rings (SSSR count). The molecule has 0 aromatic carbocycles. The summed E-state index contributed by atoms with van der Waals surface area (Å²) in [6, 6.07) is 0. The molecule has 2 nitrogen and oxygen atoms in total. The summed E-state index contributed by atoms with van der Waals surface area (Å²) in [7, 11) is 2.01. The molecule has 2 heteroatoms. The van der Waals surface area contributed by atoms with E-state index in [1.165, 1.54) is 25.7 Å². The predicted molar refractivity (Wildman–Crippen MR) is 66.1 cm³/mol. The van der Waals surface area contributed by atoms with Crippen molar-refractivity contribution >= 4 is 5.91 Å². The summed E-state index contributed by atoms with van der Waals surface area (Å²) in [5, 5.41) is 0. The average Bonchev–Trinajstić information content (AvgIpc) is 2.47. The van der Waals surface area contributed by atoms with Crippen molar-refractivity contribution in [2.45, 2.75) is 64.8 Å². The number of carbonyl (C=O) groups excluding carboxylic acids is 1. The van der Waals surface area contributed by atoms with Crippen LogP contribution in [-0.2, 0) is 4.79 Å². The van der Waals surface area contributed by atoms with Crippen LogP contribution in [0.5, 0.6) is 0 Å². The van der Waals surface area contributed by atoms with Gasteiger partial charge in [-0.25, -0.2) is 0 Å². The summed E-state index contributed by atoms with van der Waals surface area (Å²) < 4.78 is 0. The Morgan fingerprint density at radius 2 is 1.75 bits per heavy atom. The fourth-order valence-corrected chi connectivity index (χ4v) is 3.55. The summed E-state index contributed by atoms with van der Waals surface area (Å²) in [6.45, 7) is 7.04. The maximum Gasteiger partial charge on any atom is 0.222 e. The van der Waals surface area contributed by atoms with E-state index in [1.807, 2.05) is 11.9 Å². The zero-order valence-electron chi connectivity index (χ0n) is 11.2. The van der Waals surface area contributed by atoms with Crippen molar-refractivity contribution in [2.24, 2.45) is 11.3 Å². The van der Waals surface area contributed by atoms with Crippen LogP contribution in [0.1, 0.15) is 59.3 Å². The third-order valence-corrected chi connectivity index (χ3v) is 5.03. The number of carbonyl (C=O) groups is 1. The maximum atomic E-state index is 11.7. The molecule has 92 valence electrons. The van der Waals surface area contributed by atoms with Crippen LogP contribution in [0.25, 0.3) is 0 Å². The summed E-state index contributed by atoms with van der Waals surface area (Å²) in [6.07, 6.45) is 6.90. The van der Waals surface area contributed by atoms with E-state index in [4.69, 9.17) is 0 Å². The standard InChI is InChI=1S/C14H25NO/c1-13(2,3)11-5-8-14(9-6-11)10-7-12(16)15(14)4/h11H,5-10H2,1-4H3/t11-,14+. The third kappa shape index (κ3) is 1.87. The van der Waals surface area contributed by atoms with Gasteiger partial charge < -0.3 is 4.90 Å². The molecule has 16 heavy (non-hydrogen) atoms. The topological polar surface area (TPSA) is 20.3 Å². The van der Waals surface area contributed by atoms with E-state index in [0.29, 0.717) is 11.3 Å². The lowest BCUT2D eigenvalue weighted by Gasteiger charge is -2.45. The Balaban J connectivity index is 2.02. The van der Waals surface area contributed by atoms with Gasteiger partial charge in [0.1, 0.15) is 0 Å². The van der Waals surface area contributed by atoms with Crippen LogP contribution in [0.4, 0.5) is 0 Å². The predicted octanol–water partition coefficient (Wildman–Crippen LogP) is 3.21. The Bertz CT molecular complexity index is 282. The lowest BCUT2D eigenvalue weighted by Crippen LogP contribution is -2.47. The van der Waals surface area contributed by atoms with Crippen LogP contribution < -0.4 is 0 Å². The van der Waals surface area contributed by atoms with Crippen LogP contribution in [0, 0.1) is 11.3 Å². The van der Waals surface area contributed by atoms with Crippen LogP contribution in [0.3, 0.4) is 0 Å². The second-order valence-electron chi connectivity index (χ2n) is 6.82. The van der Waals surface area contributed by atoms with E-state index in [9.17, 15) is 4.79 Å². The molecule has 2 aliphatic rings. The first-order valence-corrected chi connectivity index (χ1v) is 6.62. The average molecular weight is 223 g/mol. The minimum Gasteiger partial charge on any atom is -0.340 e. The van der Waals surface area contributed by atoms with Crippen molar-refractivity contribution in [3.05, 3.63) is 0 Å². The minimum absolute atomic E-state index is 0.235. The molecule has 1 saturated heterocycles. The molecule has 0 aromatic heterocycles. The van der Waals surface area contributed by atoms with Gasteiger partial charge in [-0.1, -0.05) is 20.8 Å². The molecule has 1 spiro atoms. The molecule has 1 aliphatic carbocycles. The highest BCUT2D eigenvalue weighted by Crippen LogP contribution is 2.47. The lowest BCUT2D eigenvalue weighted by atomic mass is 9.67. The van der Waals surface area contributed by atoms with Crippen LogP contribution >= 0.6 is 0 Å². The van der Waals surface area contributed by atoms with Crippen LogP contribution in [0.2, 0.25) is 0 Å². The molecule has 1 aliphatic heterocycles. The quantitative estimate of drug-likeness (QED) is 0.617. The molecule has 0 unspecified atom stereocenters. The minimum atomic E-state index is 0.235. The van der Waals surface area contributed by atoms with E-state index in [2.05, 4.69) is 20.8 Å².